The lowest BCUT2D eigenvalue weighted by Crippen LogP contribution is -2.11. The zero-order valence-electron chi connectivity index (χ0n) is 26.0. The second-order valence-corrected chi connectivity index (χ2v) is 11.1. The monoisotopic (exact) mass is 583 g/mol. The van der Waals surface area contributed by atoms with Crippen LogP contribution in [0.1, 0.15) is 34.7 Å². The standard InChI is InChI=1S/C43H37NO/c1-32-21-26-38(27-22-32)44(31-42(35-14-6-4-7-15-35)36-16-8-5-9-17-36)43-30-25-37(40-19-10-11-20-41(40)43)18-12-13-33(2)34-23-28-39(45-3)29-24-34/h4-31H,1-3H3/b18-12+,33-13+. The third-order valence-electron chi connectivity index (χ3n) is 8.10. The summed E-state index contributed by atoms with van der Waals surface area (Å²) in [6, 6.07) is 51.3. The van der Waals surface area contributed by atoms with Crippen LogP contribution in [0.3, 0.4) is 0 Å². The van der Waals surface area contributed by atoms with E-state index in [2.05, 4.69) is 177 Å². The molecule has 0 aliphatic heterocycles. The van der Waals surface area contributed by atoms with Gasteiger partial charge in [0.05, 0.1) is 12.8 Å². The molecule has 0 atom stereocenters. The number of hydrogen-bond donors (Lipinski definition) is 0. The van der Waals surface area contributed by atoms with E-state index in [0.29, 0.717) is 0 Å². The van der Waals surface area contributed by atoms with Crippen molar-refractivity contribution in [2.45, 2.75) is 13.8 Å². The van der Waals surface area contributed by atoms with E-state index < -0.39 is 0 Å². The normalized spacial score (nSPS) is 11.5. The van der Waals surface area contributed by atoms with Crippen molar-refractivity contribution in [3.8, 4) is 5.75 Å². The Balaban J connectivity index is 1.46. The molecule has 6 rings (SSSR count). The van der Waals surface area contributed by atoms with Gasteiger partial charge in [-0.3, -0.25) is 0 Å². The molecule has 0 bridgehead atoms. The molecule has 0 aromatic heterocycles. The summed E-state index contributed by atoms with van der Waals surface area (Å²) in [6.45, 7) is 4.26. The van der Waals surface area contributed by atoms with E-state index >= 15 is 0 Å². The molecule has 0 aliphatic rings. The summed E-state index contributed by atoms with van der Waals surface area (Å²) in [6.07, 6.45) is 8.79. The average molecular weight is 584 g/mol. The van der Waals surface area contributed by atoms with E-state index in [9.17, 15) is 0 Å². The Morgan fingerprint density at radius 2 is 1.20 bits per heavy atom. The van der Waals surface area contributed by atoms with E-state index in [4.69, 9.17) is 4.74 Å². The van der Waals surface area contributed by atoms with Crippen molar-refractivity contribution in [1.82, 2.24) is 0 Å². The Hall–Kier alpha value is -5.60. The van der Waals surface area contributed by atoms with Crippen LogP contribution < -0.4 is 9.64 Å². The number of rotatable bonds is 9. The van der Waals surface area contributed by atoms with Crippen LogP contribution in [0.5, 0.6) is 5.75 Å². The molecular formula is C43H37NO. The maximum atomic E-state index is 5.31. The van der Waals surface area contributed by atoms with Gasteiger partial charge in [-0.15, -0.1) is 0 Å². The Morgan fingerprint density at radius 3 is 1.82 bits per heavy atom. The van der Waals surface area contributed by atoms with Gasteiger partial charge in [0.2, 0.25) is 0 Å². The number of aryl methyl sites for hydroxylation is 1. The third-order valence-corrected chi connectivity index (χ3v) is 8.10. The Morgan fingerprint density at radius 1 is 0.600 bits per heavy atom. The molecule has 6 aromatic carbocycles. The minimum Gasteiger partial charge on any atom is -0.497 e. The van der Waals surface area contributed by atoms with Crippen molar-refractivity contribution in [1.29, 1.82) is 0 Å². The lowest BCUT2D eigenvalue weighted by Gasteiger charge is -2.25. The molecule has 0 spiro atoms. The summed E-state index contributed by atoms with van der Waals surface area (Å²) in [5.74, 6) is 0.864. The molecule has 220 valence electrons. The molecule has 0 radical (unpaired) electrons. The highest BCUT2D eigenvalue weighted by Crippen LogP contribution is 2.37. The SMILES string of the molecule is COc1ccc(/C(C)=C/C=C/c2ccc(N(C=C(c3ccccc3)c3ccccc3)c3ccc(C)cc3)c3ccccc23)cc1. The highest BCUT2D eigenvalue weighted by Gasteiger charge is 2.15. The first kappa shape index (κ1) is 29.5. The summed E-state index contributed by atoms with van der Waals surface area (Å²) < 4.78 is 5.31. The van der Waals surface area contributed by atoms with Gasteiger partial charge >= 0.3 is 0 Å². The predicted octanol–water partition coefficient (Wildman–Crippen LogP) is 11.5. The number of allylic oxidation sites excluding steroid dienone is 3. The van der Waals surface area contributed by atoms with Crippen molar-refractivity contribution < 1.29 is 4.74 Å². The average Bonchev–Trinajstić information content (AvgIpc) is 3.10. The van der Waals surface area contributed by atoms with Gasteiger partial charge in [-0.25, -0.2) is 0 Å². The van der Waals surface area contributed by atoms with Crippen LogP contribution in [-0.2, 0) is 0 Å². The molecule has 2 nitrogen and oxygen atoms in total. The fraction of sp³-hybridized carbons (Fsp3) is 0.0698. The Labute approximate surface area is 266 Å². The van der Waals surface area contributed by atoms with Gasteiger partial charge in [0.25, 0.3) is 0 Å². The number of methoxy groups -OCH3 is 1. The van der Waals surface area contributed by atoms with Gasteiger partial charge in [-0.05, 0) is 77.4 Å². The molecule has 0 unspecified atom stereocenters. The molecule has 45 heavy (non-hydrogen) atoms. The van der Waals surface area contributed by atoms with Gasteiger partial charge in [0, 0.05) is 22.8 Å². The van der Waals surface area contributed by atoms with Crippen LogP contribution >= 0.6 is 0 Å². The number of hydrogen-bond acceptors (Lipinski definition) is 2. The van der Waals surface area contributed by atoms with Crippen molar-refractivity contribution in [3.63, 3.8) is 0 Å². The molecule has 6 aromatic rings. The largest absolute Gasteiger partial charge is 0.497 e. The summed E-state index contributed by atoms with van der Waals surface area (Å²) in [4.78, 5) is 2.33. The van der Waals surface area contributed by atoms with Gasteiger partial charge < -0.3 is 9.64 Å². The maximum Gasteiger partial charge on any atom is 0.118 e. The van der Waals surface area contributed by atoms with E-state index in [0.717, 1.165) is 22.7 Å². The number of ether oxygens (including phenoxy) is 1. The zero-order chi connectivity index (χ0) is 31.0. The highest BCUT2D eigenvalue weighted by atomic mass is 16.5. The van der Waals surface area contributed by atoms with Crippen LogP contribution in [-0.4, -0.2) is 7.11 Å². The summed E-state index contributed by atoms with van der Waals surface area (Å²) in [5, 5.41) is 2.39. The number of nitrogens with zero attached hydrogens (tertiary/aromatic N) is 1. The van der Waals surface area contributed by atoms with Gasteiger partial charge in [0.15, 0.2) is 0 Å². The van der Waals surface area contributed by atoms with E-state index in [1.54, 1.807) is 7.11 Å². The minimum atomic E-state index is 0.864. The van der Waals surface area contributed by atoms with E-state index in [-0.39, 0.29) is 0 Å². The summed E-state index contributed by atoms with van der Waals surface area (Å²) >= 11 is 0. The van der Waals surface area contributed by atoms with E-state index in [1.165, 1.54) is 44.2 Å². The number of anilines is 2. The number of benzene rings is 6. The molecule has 0 heterocycles. The number of fused-ring (bicyclic) bond motifs is 1. The smallest absolute Gasteiger partial charge is 0.118 e. The first-order valence-corrected chi connectivity index (χ1v) is 15.3. The summed E-state index contributed by atoms with van der Waals surface area (Å²) in [5.41, 5.74) is 10.5. The molecule has 0 N–H and O–H groups in total. The van der Waals surface area contributed by atoms with Gasteiger partial charge in [0.1, 0.15) is 5.75 Å². The molecule has 0 aliphatic carbocycles. The maximum absolute atomic E-state index is 5.31. The predicted molar refractivity (Wildman–Crippen MR) is 193 cm³/mol. The first-order chi connectivity index (χ1) is 22.1. The third kappa shape index (κ3) is 6.82. The Bertz CT molecular complexity index is 1930. The fourth-order valence-corrected chi connectivity index (χ4v) is 5.58. The fourth-order valence-electron chi connectivity index (χ4n) is 5.58. The Kier molecular flexibility index (Phi) is 9.03. The second-order valence-electron chi connectivity index (χ2n) is 11.1. The molecule has 0 fully saturated rings. The summed E-state index contributed by atoms with van der Waals surface area (Å²) in [7, 11) is 1.69. The van der Waals surface area contributed by atoms with E-state index in [1.807, 2.05) is 12.1 Å². The lowest BCUT2D eigenvalue weighted by molar-refractivity contribution is 0.415. The lowest BCUT2D eigenvalue weighted by atomic mass is 9.97. The van der Waals surface area contributed by atoms with Crippen molar-refractivity contribution in [3.05, 3.63) is 192 Å². The molecule has 0 saturated heterocycles. The van der Waals surface area contributed by atoms with Crippen LogP contribution in [0, 0.1) is 6.92 Å². The van der Waals surface area contributed by atoms with Gasteiger partial charge in [-0.2, -0.15) is 0 Å². The first-order valence-electron chi connectivity index (χ1n) is 15.3. The van der Waals surface area contributed by atoms with Crippen molar-refractivity contribution in [2.75, 3.05) is 12.0 Å². The second kappa shape index (κ2) is 13.8. The quantitative estimate of drug-likeness (QED) is 0.157. The molecule has 2 heteroatoms. The minimum absolute atomic E-state index is 0.864. The van der Waals surface area contributed by atoms with Crippen LogP contribution in [0.4, 0.5) is 11.4 Å². The molecule has 0 amide bonds. The van der Waals surface area contributed by atoms with Crippen molar-refractivity contribution >= 4 is 39.4 Å². The molecular weight excluding hydrogens is 546 g/mol. The van der Waals surface area contributed by atoms with Gasteiger partial charge in [-0.1, -0.05) is 139 Å². The zero-order valence-corrected chi connectivity index (χ0v) is 26.0. The van der Waals surface area contributed by atoms with Crippen LogP contribution in [0.15, 0.2) is 164 Å². The van der Waals surface area contributed by atoms with Crippen LogP contribution in [0.25, 0.3) is 28.0 Å². The topological polar surface area (TPSA) is 12.5 Å². The highest BCUT2D eigenvalue weighted by molar-refractivity contribution is 6.02. The molecule has 0 saturated carbocycles. The van der Waals surface area contributed by atoms with Crippen molar-refractivity contribution in [2.24, 2.45) is 0 Å². The van der Waals surface area contributed by atoms with Crippen LogP contribution in [0.2, 0.25) is 0 Å².